The highest BCUT2D eigenvalue weighted by molar-refractivity contribution is 6.15. The van der Waals surface area contributed by atoms with Crippen LogP contribution in [0.5, 0.6) is 11.5 Å². The maximum absolute atomic E-state index is 12.8. The topological polar surface area (TPSA) is 87.0 Å². The number of allylic oxidation sites excluding steroid dienone is 1. The fourth-order valence-corrected chi connectivity index (χ4v) is 5.01. The number of ketones is 1. The Hall–Kier alpha value is -2.63. The molecule has 5 nitrogen and oxygen atoms in total. The molecule has 0 aromatic heterocycles. The molecule has 0 saturated carbocycles. The quantitative estimate of drug-likeness (QED) is 0.763. The predicted octanol–water partition coefficient (Wildman–Crippen LogP) is 3.01. The van der Waals surface area contributed by atoms with Gasteiger partial charge in [-0.05, 0) is 46.9 Å². The first-order valence-corrected chi connectivity index (χ1v) is 9.27. The highest BCUT2D eigenvalue weighted by Crippen LogP contribution is 2.58. The lowest BCUT2D eigenvalue weighted by Crippen LogP contribution is -2.36. The number of fused-ring (bicyclic) bond motifs is 4. The molecule has 5 rings (SSSR count). The van der Waals surface area contributed by atoms with Crippen molar-refractivity contribution < 1.29 is 24.9 Å². The maximum atomic E-state index is 12.8. The maximum Gasteiger partial charge on any atom is 0.168 e. The average Bonchev–Trinajstić information content (AvgIpc) is 2.97. The van der Waals surface area contributed by atoms with Gasteiger partial charge in [-0.15, -0.1) is 0 Å². The normalized spacial score (nSPS) is 25.3. The van der Waals surface area contributed by atoms with Crippen molar-refractivity contribution in [1.82, 2.24) is 0 Å². The molecule has 0 fully saturated rings. The zero-order chi connectivity index (χ0) is 18.9. The lowest BCUT2D eigenvalue weighted by atomic mass is 9.77. The van der Waals surface area contributed by atoms with Crippen molar-refractivity contribution in [2.24, 2.45) is 0 Å². The number of aliphatic hydroxyl groups excluding tert-OH is 1. The molecule has 27 heavy (non-hydrogen) atoms. The largest absolute Gasteiger partial charge is 0.508 e. The highest BCUT2D eigenvalue weighted by Gasteiger charge is 2.46. The number of hydrogen-bond donors (Lipinski definition) is 3. The summed E-state index contributed by atoms with van der Waals surface area (Å²) in [5.74, 6) is -0.126. The zero-order valence-electron chi connectivity index (χ0n) is 14.9. The summed E-state index contributed by atoms with van der Waals surface area (Å²) in [6.45, 7) is 2.33. The van der Waals surface area contributed by atoms with Gasteiger partial charge in [-0.3, -0.25) is 4.79 Å². The highest BCUT2D eigenvalue weighted by atomic mass is 16.5. The predicted molar refractivity (Wildman–Crippen MR) is 99.8 cm³/mol. The first-order valence-electron chi connectivity index (χ1n) is 9.27. The van der Waals surface area contributed by atoms with Crippen LogP contribution in [0.25, 0.3) is 11.1 Å². The minimum Gasteiger partial charge on any atom is -0.508 e. The Kier molecular flexibility index (Phi) is 3.48. The van der Waals surface area contributed by atoms with Crippen molar-refractivity contribution >= 4 is 16.9 Å². The number of Topliss-reactive ketones (excluding diaryl/α,β-unsaturated/α-hetero) is 1. The number of hydrogen-bond acceptors (Lipinski definition) is 5. The van der Waals surface area contributed by atoms with Crippen molar-refractivity contribution in [1.29, 1.82) is 0 Å². The van der Waals surface area contributed by atoms with E-state index >= 15 is 0 Å². The fraction of sp³-hybridized carbons (Fsp3) is 0.318. The molecule has 5 heteroatoms. The third kappa shape index (κ3) is 2.10. The number of aromatic hydroxyl groups is 2. The number of ether oxygens (including phenoxy) is 1. The number of benzene rings is 2. The molecule has 0 amide bonds. The molecular formula is C22H20O5. The smallest absolute Gasteiger partial charge is 0.168 e. The van der Waals surface area contributed by atoms with Gasteiger partial charge in [-0.2, -0.15) is 0 Å². The number of carbonyl (C=O) groups excluding carboxylic acids is 1. The van der Waals surface area contributed by atoms with Gasteiger partial charge in [0.25, 0.3) is 0 Å². The number of aliphatic hydroxyl groups is 1. The van der Waals surface area contributed by atoms with Gasteiger partial charge >= 0.3 is 0 Å². The molecule has 3 atom stereocenters. The molecule has 2 aromatic rings. The number of rotatable bonds is 2. The van der Waals surface area contributed by atoms with Crippen LogP contribution in [0.15, 0.2) is 30.3 Å². The SMILES string of the molecule is CCO[C@H]1Cc2c(O)ccc3c2C(=C2c4cccc(O)c4C(=O)C[C@@H]23)[C@H]1O. The van der Waals surface area contributed by atoms with Crippen LogP contribution < -0.4 is 0 Å². The molecule has 0 radical (unpaired) electrons. The summed E-state index contributed by atoms with van der Waals surface area (Å²) in [7, 11) is 0. The van der Waals surface area contributed by atoms with Crippen LogP contribution in [0.2, 0.25) is 0 Å². The fourth-order valence-electron chi connectivity index (χ4n) is 5.01. The van der Waals surface area contributed by atoms with Gasteiger partial charge in [0, 0.05) is 30.9 Å². The van der Waals surface area contributed by atoms with Crippen molar-refractivity contribution in [3.05, 3.63) is 58.1 Å². The molecule has 0 bridgehead atoms. The van der Waals surface area contributed by atoms with Crippen molar-refractivity contribution in [3.63, 3.8) is 0 Å². The van der Waals surface area contributed by atoms with Crippen molar-refractivity contribution in [3.8, 4) is 11.5 Å². The monoisotopic (exact) mass is 364 g/mol. The van der Waals surface area contributed by atoms with Crippen LogP contribution in [0.4, 0.5) is 0 Å². The second-order valence-corrected chi connectivity index (χ2v) is 7.38. The van der Waals surface area contributed by atoms with E-state index in [2.05, 4.69) is 0 Å². The molecule has 0 aliphatic heterocycles. The Morgan fingerprint density at radius 3 is 2.63 bits per heavy atom. The van der Waals surface area contributed by atoms with E-state index in [1.807, 2.05) is 19.1 Å². The zero-order valence-corrected chi connectivity index (χ0v) is 14.9. The Morgan fingerprint density at radius 2 is 1.85 bits per heavy atom. The molecule has 0 heterocycles. The van der Waals surface area contributed by atoms with Gasteiger partial charge in [0.05, 0.1) is 11.7 Å². The van der Waals surface area contributed by atoms with Crippen LogP contribution in [-0.2, 0) is 11.2 Å². The van der Waals surface area contributed by atoms with Crippen molar-refractivity contribution in [2.45, 2.75) is 37.9 Å². The molecule has 0 spiro atoms. The van der Waals surface area contributed by atoms with E-state index in [9.17, 15) is 20.1 Å². The average molecular weight is 364 g/mol. The van der Waals surface area contributed by atoms with Crippen LogP contribution in [0.3, 0.4) is 0 Å². The van der Waals surface area contributed by atoms with Crippen LogP contribution in [0, 0.1) is 0 Å². The summed E-state index contributed by atoms with van der Waals surface area (Å²) in [5, 5.41) is 31.8. The summed E-state index contributed by atoms with van der Waals surface area (Å²) in [6.07, 6.45) is -0.634. The molecule has 138 valence electrons. The molecule has 3 N–H and O–H groups in total. The molecule has 0 unspecified atom stereocenters. The third-order valence-electron chi connectivity index (χ3n) is 6.04. The molecule has 0 saturated heterocycles. The van der Waals surface area contributed by atoms with E-state index in [1.54, 1.807) is 12.1 Å². The Bertz CT molecular complexity index is 1020. The number of carbonyl (C=O) groups is 1. The van der Waals surface area contributed by atoms with E-state index in [0.29, 0.717) is 24.2 Å². The van der Waals surface area contributed by atoms with Crippen LogP contribution in [-0.4, -0.2) is 39.9 Å². The van der Waals surface area contributed by atoms with Gasteiger partial charge in [0.1, 0.15) is 17.6 Å². The first-order chi connectivity index (χ1) is 13.0. The van der Waals surface area contributed by atoms with E-state index in [1.165, 1.54) is 6.07 Å². The second-order valence-electron chi connectivity index (χ2n) is 7.38. The summed E-state index contributed by atoms with van der Waals surface area (Å²) in [6, 6.07) is 8.57. The molecule has 2 aromatic carbocycles. The van der Waals surface area contributed by atoms with E-state index < -0.39 is 12.2 Å². The first kappa shape index (κ1) is 16.5. The van der Waals surface area contributed by atoms with Gasteiger partial charge < -0.3 is 20.1 Å². The Morgan fingerprint density at radius 1 is 1.04 bits per heavy atom. The molecular weight excluding hydrogens is 344 g/mol. The Labute approximate surface area is 156 Å². The van der Waals surface area contributed by atoms with Gasteiger partial charge in [0.2, 0.25) is 0 Å². The molecule has 3 aliphatic rings. The summed E-state index contributed by atoms with van der Waals surface area (Å²) < 4.78 is 5.76. The summed E-state index contributed by atoms with van der Waals surface area (Å²) in [5.41, 5.74) is 5.17. The van der Waals surface area contributed by atoms with Crippen molar-refractivity contribution in [2.75, 3.05) is 6.61 Å². The standard InChI is InChI=1S/C22H20O5/c1-2-27-17-9-13-14(23)7-6-10-12-8-16(25)20-11(4-3-5-15(20)24)19(12)21(18(10)13)22(17)26/h3-7,12,17,22-24,26H,2,8-9H2,1H3/t12-,17+,22+/m1/s1. The minimum atomic E-state index is -0.846. The lowest BCUT2D eigenvalue weighted by molar-refractivity contribution is -0.00971. The third-order valence-corrected chi connectivity index (χ3v) is 6.04. The summed E-state index contributed by atoms with van der Waals surface area (Å²) in [4.78, 5) is 12.8. The summed E-state index contributed by atoms with van der Waals surface area (Å²) >= 11 is 0. The van der Waals surface area contributed by atoms with Gasteiger partial charge in [-0.1, -0.05) is 18.2 Å². The van der Waals surface area contributed by atoms with E-state index in [0.717, 1.165) is 27.8 Å². The number of phenolic OH excluding ortho intramolecular Hbond substituents is 2. The Balaban J connectivity index is 1.84. The van der Waals surface area contributed by atoms with E-state index in [-0.39, 0.29) is 29.6 Å². The second kappa shape index (κ2) is 5.68. The molecule has 3 aliphatic carbocycles. The minimum absolute atomic E-state index is 0.0327. The van der Waals surface area contributed by atoms with Gasteiger partial charge in [0.15, 0.2) is 5.78 Å². The van der Waals surface area contributed by atoms with Crippen LogP contribution >= 0.6 is 0 Å². The number of phenols is 2. The van der Waals surface area contributed by atoms with E-state index in [4.69, 9.17) is 4.74 Å². The van der Waals surface area contributed by atoms with Gasteiger partial charge in [-0.25, -0.2) is 0 Å². The lowest BCUT2D eigenvalue weighted by Gasteiger charge is -2.32. The van der Waals surface area contributed by atoms with Crippen LogP contribution in [0.1, 0.15) is 51.9 Å².